The fourth-order valence-electron chi connectivity index (χ4n) is 9.19. The number of rotatable bonds is 6. The maximum atomic E-state index is 17.7. The lowest BCUT2D eigenvalue weighted by Gasteiger charge is -2.67. The molecular weight excluding hydrogens is 571 g/mol. The van der Waals surface area contributed by atoms with Crippen molar-refractivity contribution in [3.63, 3.8) is 0 Å². The van der Waals surface area contributed by atoms with Crippen LogP contribution in [0, 0.1) is 28.1 Å². The molecule has 0 unspecified atom stereocenters. The van der Waals surface area contributed by atoms with E-state index in [-0.39, 0.29) is 24.3 Å². The van der Waals surface area contributed by atoms with Crippen LogP contribution in [-0.2, 0) is 14.4 Å². The number of aliphatic hydroxyl groups is 1. The molecule has 6 rings (SSSR count). The zero-order chi connectivity index (χ0) is 29.4. The number of benzene rings is 1. The number of carbonyl (C=O) groups excluding carboxylic acids is 2. The number of halogens is 3. The minimum Gasteiger partial charge on any atom is -0.390 e. The van der Waals surface area contributed by atoms with Gasteiger partial charge in [-0.2, -0.15) is 5.06 Å². The maximum Gasteiger partial charge on any atom is 0.226 e. The van der Waals surface area contributed by atoms with Crippen LogP contribution in [0.4, 0.5) is 13.2 Å². The molecular formula is C31H36F3NO4S2. The van der Waals surface area contributed by atoms with Crippen LogP contribution in [0.2, 0.25) is 0 Å². The van der Waals surface area contributed by atoms with Crippen molar-refractivity contribution >= 4 is 34.4 Å². The standard InChI is InChI=1S/C31H36F3NO4S2/c1-27-10-9-20(36)13-22(27)23(33)14-24-28(2)15-19-17-35(11-12-40-21-7-5-4-6-8-21)39-31(19,26(38)41-18-32)29(28,3)16-25(37)30(24,27)34/h4-10,13,19,23-25,37H,11-12,14-18H2,1-3H3/t19-,23-,24-,25-,27-,28-,29-,30-,31-/m0/s1. The monoisotopic (exact) mass is 607 g/mol. The van der Waals surface area contributed by atoms with Gasteiger partial charge in [-0.05, 0) is 61.5 Å². The summed E-state index contributed by atoms with van der Waals surface area (Å²) in [4.78, 5) is 33.7. The van der Waals surface area contributed by atoms with E-state index in [4.69, 9.17) is 4.84 Å². The summed E-state index contributed by atoms with van der Waals surface area (Å²) in [7, 11) is 0. The smallest absolute Gasteiger partial charge is 0.226 e. The lowest BCUT2D eigenvalue weighted by atomic mass is 9.40. The molecule has 1 aromatic carbocycles. The first-order chi connectivity index (χ1) is 19.4. The Kier molecular flexibility index (Phi) is 7.17. The number of ketones is 1. The largest absolute Gasteiger partial charge is 0.390 e. The van der Waals surface area contributed by atoms with Gasteiger partial charge in [-0.25, -0.2) is 13.2 Å². The van der Waals surface area contributed by atoms with Crippen LogP contribution < -0.4 is 0 Å². The van der Waals surface area contributed by atoms with E-state index in [0.717, 1.165) is 4.90 Å². The van der Waals surface area contributed by atoms with Crippen LogP contribution in [0.3, 0.4) is 0 Å². The average molecular weight is 608 g/mol. The van der Waals surface area contributed by atoms with Crippen LogP contribution >= 0.6 is 23.5 Å². The second-order valence-electron chi connectivity index (χ2n) is 12.8. The maximum absolute atomic E-state index is 17.7. The third kappa shape index (κ3) is 3.82. The van der Waals surface area contributed by atoms with Gasteiger partial charge in [0.05, 0.1) is 6.10 Å². The van der Waals surface area contributed by atoms with Gasteiger partial charge in [0.25, 0.3) is 0 Å². The highest BCUT2D eigenvalue weighted by atomic mass is 32.2. The third-order valence-electron chi connectivity index (χ3n) is 11.3. The fourth-order valence-corrected chi connectivity index (χ4v) is 10.8. The lowest BCUT2D eigenvalue weighted by molar-refractivity contribution is -0.283. The Morgan fingerprint density at radius 3 is 2.63 bits per heavy atom. The second-order valence-corrected chi connectivity index (χ2v) is 14.9. The van der Waals surface area contributed by atoms with E-state index in [1.54, 1.807) is 23.7 Å². The summed E-state index contributed by atoms with van der Waals surface area (Å²) in [6, 6.07) is 9.00. The number of hydrogen-bond acceptors (Lipinski definition) is 7. The van der Waals surface area contributed by atoms with Crippen LogP contribution in [0.1, 0.15) is 40.0 Å². The molecule has 0 amide bonds. The molecule has 1 aromatic rings. The van der Waals surface area contributed by atoms with E-state index in [1.165, 1.54) is 18.2 Å². The first-order valence-electron chi connectivity index (χ1n) is 14.2. The van der Waals surface area contributed by atoms with E-state index in [1.807, 2.05) is 44.2 Å². The quantitative estimate of drug-likeness (QED) is 0.405. The molecule has 9 atom stereocenters. The lowest BCUT2D eigenvalue weighted by Crippen LogP contribution is -2.73. The predicted octanol–water partition coefficient (Wildman–Crippen LogP) is 5.89. The number of nitrogens with zero attached hydrogens (tertiary/aromatic N) is 1. The van der Waals surface area contributed by atoms with E-state index in [0.29, 0.717) is 37.0 Å². The topological polar surface area (TPSA) is 66.8 Å². The summed E-state index contributed by atoms with van der Waals surface area (Å²) in [5.74, 6) is -1.04. The van der Waals surface area contributed by atoms with Gasteiger partial charge in [0.2, 0.25) is 5.12 Å². The molecule has 1 heterocycles. The molecule has 1 aliphatic heterocycles. The molecule has 0 bridgehead atoms. The van der Waals surface area contributed by atoms with E-state index in [2.05, 4.69) is 0 Å². The molecule has 0 spiro atoms. The molecule has 4 fully saturated rings. The first kappa shape index (κ1) is 29.5. The van der Waals surface area contributed by atoms with Gasteiger partial charge < -0.3 is 5.11 Å². The number of fused-ring (bicyclic) bond motifs is 7. The molecule has 41 heavy (non-hydrogen) atoms. The summed E-state index contributed by atoms with van der Waals surface area (Å²) in [5.41, 5.74) is -7.26. The zero-order valence-corrected chi connectivity index (χ0v) is 25.1. The van der Waals surface area contributed by atoms with Crippen molar-refractivity contribution in [2.45, 2.75) is 68.5 Å². The van der Waals surface area contributed by atoms with Crippen molar-refractivity contribution in [2.75, 3.05) is 24.8 Å². The number of thioether (sulfide) groups is 2. The molecule has 0 radical (unpaired) electrons. The zero-order valence-electron chi connectivity index (χ0n) is 23.4. The SMILES string of the molecule is C[C@]12C[C@H](O)[C@@]3(F)[C@@H](C[C@H](F)C4=CC(=O)C=C[C@@]43C)[C@]1(C)C[C@H]1CN(CCSc3ccccc3)O[C@]12C(=O)SCF. The summed E-state index contributed by atoms with van der Waals surface area (Å²) in [6.45, 7) is 6.22. The highest BCUT2D eigenvalue weighted by Gasteiger charge is 2.83. The van der Waals surface area contributed by atoms with E-state index >= 15 is 8.78 Å². The number of hydrogen-bond donors (Lipinski definition) is 1. The molecule has 3 saturated carbocycles. The van der Waals surface area contributed by atoms with Gasteiger partial charge in [-0.1, -0.05) is 49.9 Å². The fraction of sp³-hybridized carbons (Fsp3) is 0.613. The number of alkyl halides is 3. The Hall–Kier alpha value is -1.59. The Bertz CT molecular complexity index is 1310. The van der Waals surface area contributed by atoms with Gasteiger partial charge in [0.15, 0.2) is 17.1 Å². The number of aliphatic hydroxyl groups excluding tert-OH is 1. The van der Waals surface area contributed by atoms with Gasteiger partial charge >= 0.3 is 0 Å². The molecule has 222 valence electrons. The molecule has 1 N–H and O–H groups in total. The third-order valence-corrected chi connectivity index (χ3v) is 12.9. The van der Waals surface area contributed by atoms with Gasteiger partial charge in [0.1, 0.15) is 12.2 Å². The molecule has 5 nitrogen and oxygen atoms in total. The highest BCUT2D eigenvalue weighted by molar-refractivity contribution is 8.13. The van der Waals surface area contributed by atoms with Crippen LogP contribution in [0.15, 0.2) is 59.0 Å². The van der Waals surface area contributed by atoms with E-state index < -0.39 is 62.6 Å². The van der Waals surface area contributed by atoms with E-state index in [9.17, 15) is 19.1 Å². The van der Waals surface area contributed by atoms with Gasteiger partial charge in [0, 0.05) is 46.4 Å². The summed E-state index contributed by atoms with van der Waals surface area (Å²) >= 11 is 2.21. The molecule has 1 saturated heterocycles. The Balaban J connectivity index is 1.36. The van der Waals surface area contributed by atoms with Crippen molar-refractivity contribution in [3.8, 4) is 0 Å². The Labute approximate surface area is 247 Å². The van der Waals surface area contributed by atoms with Crippen molar-refractivity contribution in [1.29, 1.82) is 0 Å². The van der Waals surface area contributed by atoms with Gasteiger partial charge in [-0.15, -0.1) is 11.8 Å². The first-order valence-corrected chi connectivity index (χ1v) is 16.2. The number of carbonyl (C=O) groups is 2. The molecule has 4 aliphatic carbocycles. The van der Waals surface area contributed by atoms with Crippen molar-refractivity contribution < 1.29 is 32.7 Å². The molecule has 5 aliphatic rings. The van der Waals surface area contributed by atoms with Crippen molar-refractivity contribution in [3.05, 3.63) is 54.1 Å². The van der Waals surface area contributed by atoms with Crippen LogP contribution in [0.5, 0.6) is 0 Å². The Morgan fingerprint density at radius 1 is 1.20 bits per heavy atom. The summed E-state index contributed by atoms with van der Waals surface area (Å²) in [5, 5.41) is 13.0. The van der Waals surface area contributed by atoms with Crippen molar-refractivity contribution in [1.82, 2.24) is 5.06 Å². The molecule has 10 heteroatoms. The second kappa shape index (κ2) is 9.97. The number of allylic oxidation sites excluding steroid dienone is 4. The summed E-state index contributed by atoms with van der Waals surface area (Å²) < 4.78 is 47.3. The minimum atomic E-state index is -2.27. The average Bonchev–Trinajstić information content (AvgIpc) is 3.38. The van der Waals surface area contributed by atoms with Gasteiger partial charge in [-0.3, -0.25) is 14.4 Å². The number of hydroxylamine groups is 2. The summed E-state index contributed by atoms with van der Waals surface area (Å²) in [6.07, 6.45) is 0.750. The van der Waals surface area contributed by atoms with Crippen molar-refractivity contribution in [2.24, 2.45) is 28.1 Å². The molecule has 0 aromatic heterocycles. The highest BCUT2D eigenvalue weighted by Crippen LogP contribution is 2.78. The van der Waals surface area contributed by atoms with Crippen LogP contribution in [0.25, 0.3) is 0 Å². The minimum absolute atomic E-state index is 0.0605. The van der Waals surface area contributed by atoms with Crippen LogP contribution in [-0.4, -0.2) is 69.5 Å². The predicted molar refractivity (Wildman–Crippen MR) is 153 cm³/mol. The Morgan fingerprint density at radius 2 is 1.93 bits per heavy atom. The normalized spacial score (nSPS) is 45.0.